The summed E-state index contributed by atoms with van der Waals surface area (Å²) in [6.45, 7) is 0.699. The quantitative estimate of drug-likeness (QED) is 0.265. The molecule has 0 saturated carbocycles. The van der Waals surface area contributed by atoms with Crippen molar-refractivity contribution >= 4 is 52.5 Å². The van der Waals surface area contributed by atoms with Gasteiger partial charge in [-0.25, -0.2) is 0 Å². The number of ether oxygens (including phenoxy) is 2. The number of hydrogen-bond donors (Lipinski definition) is 1. The average Bonchev–Trinajstić information content (AvgIpc) is 3.60. The maximum Gasteiger partial charge on any atom is 0.251 e. The molecule has 5 rings (SSSR count). The first-order valence-electron chi connectivity index (χ1n) is 12.3. The summed E-state index contributed by atoms with van der Waals surface area (Å²) >= 11 is 13.7. The van der Waals surface area contributed by atoms with Crippen molar-refractivity contribution in [3.8, 4) is 17.2 Å². The molecule has 9 nitrogen and oxygen atoms in total. The summed E-state index contributed by atoms with van der Waals surface area (Å²) in [5.41, 5.74) is 3.11. The smallest absolute Gasteiger partial charge is 0.251 e. The summed E-state index contributed by atoms with van der Waals surface area (Å²) in [6, 6.07) is 18.0. The molecule has 1 aliphatic rings. The third kappa shape index (κ3) is 5.89. The van der Waals surface area contributed by atoms with Crippen molar-refractivity contribution in [2.45, 2.75) is 18.1 Å². The fraction of sp³-hybridized carbons (Fsp3) is 0.214. The second-order valence-corrected chi connectivity index (χ2v) is 10.6. The molecule has 0 radical (unpaired) electrons. The lowest BCUT2D eigenvalue weighted by molar-refractivity contribution is -0.116. The second-order valence-electron chi connectivity index (χ2n) is 8.83. The molecule has 40 heavy (non-hydrogen) atoms. The van der Waals surface area contributed by atoms with Crippen molar-refractivity contribution < 1.29 is 19.1 Å². The first kappa shape index (κ1) is 27.8. The third-order valence-corrected chi connectivity index (χ3v) is 8.05. The van der Waals surface area contributed by atoms with Gasteiger partial charge in [-0.1, -0.05) is 53.2 Å². The molecule has 1 aliphatic heterocycles. The van der Waals surface area contributed by atoms with Crippen LogP contribution in [-0.2, 0) is 17.8 Å². The van der Waals surface area contributed by atoms with Crippen LogP contribution in [0.4, 0.5) is 5.69 Å². The molecule has 1 aromatic heterocycles. The standard InChI is InChI=1S/C28H25Cl2N5O4S/c1-38-20-11-18(12-21(14-20)39-2)27(37)31-15-25-32-33-28(35(25)19-7-8-22(29)23(30)13-19)40-16-26(36)34-10-9-17-5-3-4-6-24(17)34/h3-8,11-14H,9-10,15-16H2,1-2H3,(H,31,37). The first-order chi connectivity index (χ1) is 19.4. The Morgan fingerprint density at radius 2 is 1.73 bits per heavy atom. The van der Waals surface area contributed by atoms with E-state index in [1.54, 1.807) is 45.9 Å². The van der Waals surface area contributed by atoms with Gasteiger partial charge in [-0.15, -0.1) is 10.2 Å². The highest BCUT2D eigenvalue weighted by Crippen LogP contribution is 2.31. The van der Waals surface area contributed by atoms with Gasteiger partial charge in [0, 0.05) is 23.9 Å². The van der Waals surface area contributed by atoms with E-state index >= 15 is 0 Å². The number of carbonyl (C=O) groups is 2. The summed E-state index contributed by atoms with van der Waals surface area (Å²) in [4.78, 5) is 27.9. The molecule has 0 saturated heterocycles. The van der Waals surface area contributed by atoms with Crippen molar-refractivity contribution in [2.24, 2.45) is 0 Å². The van der Waals surface area contributed by atoms with E-state index < -0.39 is 0 Å². The zero-order chi connectivity index (χ0) is 28.2. The topological polar surface area (TPSA) is 98.6 Å². The lowest BCUT2D eigenvalue weighted by Crippen LogP contribution is -2.30. The van der Waals surface area contributed by atoms with Crippen molar-refractivity contribution in [1.82, 2.24) is 20.1 Å². The molecule has 2 heterocycles. The number of carbonyl (C=O) groups excluding carboxylic acids is 2. The van der Waals surface area contributed by atoms with Crippen molar-refractivity contribution in [3.63, 3.8) is 0 Å². The molecule has 0 fully saturated rings. The van der Waals surface area contributed by atoms with E-state index in [0.29, 0.717) is 50.3 Å². The van der Waals surface area contributed by atoms with Gasteiger partial charge in [-0.2, -0.15) is 0 Å². The molecule has 1 N–H and O–H groups in total. The Hall–Kier alpha value is -3.73. The van der Waals surface area contributed by atoms with Crippen molar-refractivity contribution in [1.29, 1.82) is 0 Å². The summed E-state index contributed by atoms with van der Waals surface area (Å²) in [6.07, 6.45) is 0.828. The number of nitrogens with one attached hydrogen (secondary N) is 1. The van der Waals surface area contributed by atoms with Gasteiger partial charge in [-0.3, -0.25) is 14.2 Å². The number of fused-ring (bicyclic) bond motifs is 1. The Balaban J connectivity index is 1.37. The van der Waals surface area contributed by atoms with Crippen LogP contribution in [0.25, 0.3) is 5.69 Å². The van der Waals surface area contributed by atoms with Crippen molar-refractivity contribution in [3.05, 3.63) is 87.7 Å². The number of methoxy groups -OCH3 is 2. The fourth-order valence-corrected chi connectivity index (χ4v) is 5.53. The van der Waals surface area contributed by atoms with Gasteiger partial charge in [0.2, 0.25) is 5.91 Å². The molecular weight excluding hydrogens is 573 g/mol. The maximum atomic E-state index is 13.1. The van der Waals surface area contributed by atoms with E-state index in [0.717, 1.165) is 17.7 Å². The van der Waals surface area contributed by atoms with E-state index in [4.69, 9.17) is 32.7 Å². The Labute approximate surface area is 245 Å². The largest absolute Gasteiger partial charge is 0.497 e. The Morgan fingerprint density at radius 1 is 0.975 bits per heavy atom. The van der Waals surface area contributed by atoms with Crippen LogP contribution >= 0.6 is 35.0 Å². The SMILES string of the molecule is COc1cc(OC)cc(C(=O)NCc2nnc(SCC(=O)N3CCc4ccccc43)n2-c2ccc(Cl)c(Cl)c2)c1. The van der Waals surface area contributed by atoms with E-state index in [9.17, 15) is 9.59 Å². The van der Waals surface area contributed by atoms with Crippen molar-refractivity contribution in [2.75, 3.05) is 31.4 Å². The summed E-state index contributed by atoms with van der Waals surface area (Å²) < 4.78 is 12.3. The number of thioether (sulfide) groups is 1. The molecule has 206 valence electrons. The van der Waals surface area contributed by atoms with Crippen LogP contribution in [0.3, 0.4) is 0 Å². The lowest BCUT2D eigenvalue weighted by Gasteiger charge is -2.17. The zero-order valence-corrected chi connectivity index (χ0v) is 24.0. The zero-order valence-electron chi connectivity index (χ0n) is 21.7. The minimum Gasteiger partial charge on any atom is -0.497 e. The Kier molecular flexibility index (Phi) is 8.49. The average molecular weight is 599 g/mol. The summed E-state index contributed by atoms with van der Waals surface area (Å²) in [5, 5.41) is 12.8. The van der Waals surface area contributed by atoms with Crippen LogP contribution in [0, 0.1) is 0 Å². The molecule has 12 heteroatoms. The molecule has 0 bridgehead atoms. The molecule has 0 unspecified atom stereocenters. The molecule has 0 atom stereocenters. The fourth-order valence-electron chi connectivity index (χ4n) is 4.39. The first-order valence-corrected chi connectivity index (χ1v) is 14.0. The highest BCUT2D eigenvalue weighted by atomic mass is 35.5. The van der Waals surface area contributed by atoms with Gasteiger partial charge in [0.15, 0.2) is 11.0 Å². The molecule has 0 aliphatic carbocycles. The lowest BCUT2D eigenvalue weighted by atomic mass is 10.2. The number of aromatic nitrogens is 3. The van der Waals surface area contributed by atoms with Crippen LogP contribution in [0.5, 0.6) is 11.5 Å². The number of hydrogen-bond acceptors (Lipinski definition) is 7. The number of halogens is 2. The summed E-state index contributed by atoms with van der Waals surface area (Å²) in [7, 11) is 3.03. The second kappa shape index (κ2) is 12.2. The molecule has 2 amide bonds. The molecule has 4 aromatic rings. The van der Waals surface area contributed by atoms with E-state index in [1.165, 1.54) is 26.0 Å². The number of amides is 2. The van der Waals surface area contributed by atoms with Gasteiger partial charge >= 0.3 is 0 Å². The van der Waals surface area contributed by atoms with Gasteiger partial charge in [-0.05, 0) is 48.4 Å². The summed E-state index contributed by atoms with van der Waals surface area (Å²) in [5.74, 6) is 1.21. The normalized spacial score (nSPS) is 12.2. The molecular formula is C28H25Cl2N5O4S. The number of rotatable bonds is 9. The maximum absolute atomic E-state index is 13.1. The van der Waals surface area contributed by atoms with E-state index in [1.807, 2.05) is 24.3 Å². The number of nitrogens with zero attached hydrogens (tertiary/aromatic N) is 4. The Bertz CT molecular complexity index is 1560. The predicted octanol–water partition coefficient (Wildman–Crippen LogP) is 5.20. The number of para-hydroxylation sites is 1. The third-order valence-electron chi connectivity index (χ3n) is 6.40. The number of benzene rings is 3. The highest BCUT2D eigenvalue weighted by molar-refractivity contribution is 7.99. The number of anilines is 1. The van der Waals surface area contributed by atoms with Crippen LogP contribution in [0.15, 0.2) is 65.8 Å². The highest BCUT2D eigenvalue weighted by Gasteiger charge is 2.25. The monoisotopic (exact) mass is 597 g/mol. The Morgan fingerprint density at radius 3 is 2.45 bits per heavy atom. The minimum atomic E-state index is -0.349. The van der Waals surface area contributed by atoms with Gasteiger partial charge in [0.1, 0.15) is 11.5 Å². The minimum absolute atomic E-state index is 0.0273. The van der Waals surface area contributed by atoms with Gasteiger partial charge in [0.05, 0.1) is 42.2 Å². The van der Waals surface area contributed by atoms with Crippen LogP contribution < -0.4 is 19.7 Å². The van der Waals surface area contributed by atoms with Gasteiger partial charge in [0.25, 0.3) is 5.91 Å². The van der Waals surface area contributed by atoms with Crippen LogP contribution in [-0.4, -0.2) is 53.1 Å². The molecule has 0 spiro atoms. The molecule has 3 aromatic carbocycles. The van der Waals surface area contributed by atoms with E-state index in [2.05, 4.69) is 15.5 Å². The van der Waals surface area contributed by atoms with Crippen LogP contribution in [0.2, 0.25) is 10.0 Å². The van der Waals surface area contributed by atoms with Crippen LogP contribution in [0.1, 0.15) is 21.7 Å². The van der Waals surface area contributed by atoms with Gasteiger partial charge < -0.3 is 19.7 Å². The van der Waals surface area contributed by atoms with E-state index in [-0.39, 0.29) is 24.1 Å². The predicted molar refractivity (Wildman–Crippen MR) is 155 cm³/mol.